The zero-order chi connectivity index (χ0) is 32.0. The Morgan fingerprint density at radius 2 is 0.689 bits per heavy atom. The third-order valence-electron chi connectivity index (χ3n) is 5.97. The highest BCUT2D eigenvalue weighted by Gasteiger charge is 2.46. The molecule has 228 valence electrons. The van der Waals surface area contributed by atoms with Gasteiger partial charge in [0.05, 0.1) is 26.2 Å². The number of carbonyl (C=O) groups excluding carboxylic acids is 2. The maximum absolute atomic E-state index is 14.3. The lowest BCUT2D eigenvalue weighted by Gasteiger charge is -2.22. The molecule has 0 atom stereocenters. The largest absolute Gasteiger partial charge is 0.503 e. The summed E-state index contributed by atoms with van der Waals surface area (Å²) in [6.07, 6.45) is 0. The molecule has 5 aromatic carbocycles. The Kier molecular flexibility index (Phi) is 10.0. The van der Waals surface area contributed by atoms with Gasteiger partial charge in [0.1, 0.15) is 23.0 Å². The molecule has 0 aliphatic heterocycles. The van der Waals surface area contributed by atoms with E-state index in [0.717, 1.165) is 6.07 Å². The molecular formula is C32H21Cl3O8P2. The lowest BCUT2D eigenvalue weighted by molar-refractivity contribution is 0.104. The number of benzene rings is 5. The first kappa shape index (κ1) is 32.4. The summed E-state index contributed by atoms with van der Waals surface area (Å²) in [4.78, 5) is 28.1. The molecule has 0 N–H and O–H groups in total. The fourth-order valence-electron chi connectivity index (χ4n) is 3.94. The minimum Gasteiger partial charge on any atom is -0.411 e. The normalized spacial score (nSPS) is 11.4. The number of carbonyl (C=O) groups is 2. The molecule has 5 rings (SSSR count). The first-order valence-electron chi connectivity index (χ1n) is 13.1. The summed E-state index contributed by atoms with van der Waals surface area (Å²) < 4.78 is 51.1. The molecule has 0 fully saturated rings. The second-order valence-corrected chi connectivity index (χ2v) is 13.9. The lowest BCUT2D eigenvalue weighted by Crippen LogP contribution is -2.17. The van der Waals surface area contributed by atoms with Crippen LogP contribution in [0.1, 0.15) is 20.7 Å². The van der Waals surface area contributed by atoms with Crippen molar-refractivity contribution in [3.63, 3.8) is 0 Å². The van der Waals surface area contributed by atoms with Crippen molar-refractivity contribution in [3.05, 3.63) is 154 Å². The Morgan fingerprint density at radius 1 is 0.444 bits per heavy atom. The van der Waals surface area contributed by atoms with Crippen molar-refractivity contribution in [3.8, 4) is 23.0 Å². The summed E-state index contributed by atoms with van der Waals surface area (Å²) in [5, 5.41) is -1.41. The second kappa shape index (κ2) is 13.9. The van der Waals surface area contributed by atoms with E-state index in [2.05, 4.69) is 0 Å². The molecular weight excluding hydrogens is 681 g/mol. The van der Waals surface area contributed by atoms with E-state index in [9.17, 15) is 18.7 Å². The molecule has 0 unspecified atom stereocenters. The highest BCUT2D eigenvalue weighted by atomic mass is 35.5. The van der Waals surface area contributed by atoms with Crippen LogP contribution in [0.2, 0.25) is 15.1 Å². The topological polar surface area (TPSA) is 105 Å². The fourth-order valence-corrected chi connectivity index (χ4v) is 8.33. The van der Waals surface area contributed by atoms with E-state index in [1.807, 2.05) is 0 Å². The standard InChI is InChI=1S/C32H21Cl3O8P2/c33-26-21-27(34)29(32(37)45(39,42-24-17-9-3-10-18-24)43-25-19-11-4-12-20-25)30(35)28(26)31(36)44(38,40-22-13-5-1-6-14-22)41-23-15-7-2-8-16-23/h1-21H. The van der Waals surface area contributed by atoms with E-state index in [-0.39, 0.29) is 33.0 Å². The predicted molar refractivity (Wildman–Crippen MR) is 174 cm³/mol. The molecule has 0 saturated heterocycles. The molecule has 5 aromatic rings. The van der Waals surface area contributed by atoms with Crippen molar-refractivity contribution >= 4 is 61.0 Å². The lowest BCUT2D eigenvalue weighted by atomic mass is 10.1. The summed E-state index contributed by atoms with van der Waals surface area (Å²) in [6.45, 7) is 0. The highest BCUT2D eigenvalue weighted by Crippen LogP contribution is 2.57. The van der Waals surface area contributed by atoms with Gasteiger partial charge in [-0.3, -0.25) is 9.59 Å². The SMILES string of the molecule is O=C(c1c(Cl)cc(Cl)c(C(=O)P(=O)(Oc2ccccc2)Oc2ccccc2)c1Cl)P(=O)(Oc1ccccc1)Oc1ccccc1. The van der Waals surface area contributed by atoms with Gasteiger partial charge in [0.15, 0.2) is 0 Å². The number of rotatable bonds is 12. The van der Waals surface area contributed by atoms with Gasteiger partial charge in [-0.15, -0.1) is 0 Å². The summed E-state index contributed by atoms with van der Waals surface area (Å²) in [6, 6.07) is 32.3. The summed E-state index contributed by atoms with van der Waals surface area (Å²) in [7, 11) is -9.68. The molecule has 0 aromatic heterocycles. The van der Waals surface area contributed by atoms with Crippen molar-refractivity contribution < 1.29 is 36.8 Å². The predicted octanol–water partition coefficient (Wildman–Crippen LogP) is 10.6. The maximum atomic E-state index is 14.3. The van der Waals surface area contributed by atoms with Crippen LogP contribution in [0.3, 0.4) is 0 Å². The van der Waals surface area contributed by atoms with E-state index in [4.69, 9.17) is 52.9 Å². The minimum atomic E-state index is -4.84. The molecule has 0 amide bonds. The Bertz CT molecular complexity index is 1700. The molecule has 13 heteroatoms. The van der Waals surface area contributed by atoms with Crippen LogP contribution >= 0.6 is 50.0 Å². The van der Waals surface area contributed by atoms with E-state index >= 15 is 0 Å². The van der Waals surface area contributed by atoms with Gasteiger partial charge in [0.25, 0.3) is 0 Å². The molecule has 0 saturated carbocycles. The van der Waals surface area contributed by atoms with E-state index < -0.39 is 42.4 Å². The minimum absolute atomic E-state index is 0.0413. The number of hydrogen-bond donors (Lipinski definition) is 0. The summed E-state index contributed by atoms with van der Waals surface area (Å²) >= 11 is 19.5. The molecule has 0 spiro atoms. The number of para-hydroxylation sites is 4. The van der Waals surface area contributed by atoms with Gasteiger partial charge in [-0.25, -0.2) is 9.13 Å². The third-order valence-corrected chi connectivity index (χ3v) is 10.2. The third kappa shape index (κ3) is 7.45. The van der Waals surface area contributed by atoms with Crippen LogP contribution in [0.15, 0.2) is 127 Å². The van der Waals surface area contributed by atoms with Gasteiger partial charge in [-0.05, 0) is 54.6 Å². The molecule has 45 heavy (non-hydrogen) atoms. The van der Waals surface area contributed by atoms with E-state index in [0.29, 0.717) is 0 Å². The molecule has 0 bridgehead atoms. The number of hydrogen-bond acceptors (Lipinski definition) is 8. The Balaban J connectivity index is 1.61. The zero-order valence-electron chi connectivity index (χ0n) is 22.9. The average molecular weight is 702 g/mol. The van der Waals surface area contributed by atoms with Gasteiger partial charge >= 0.3 is 26.2 Å². The van der Waals surface area contributed by atoms with E-state index in [1.54, 1.807) is 72.8 Å². The number of halogens is 3. The molecule has 8 nitrogen and oxygen atoms in total. The monoisotopic (exact) mass is 700 g/mol. The van der Waals surface area contributed by atoms with Crippen LogP contribution in [-0.2, 0) is 9.13 Å². The van der Waals surface area contributed by atoms with Gasteiger partial charge in [-0.1, -0.05) is 108 Å². The van der Waals surface area contributed by atoms with Crippen molar-refractivity contribution in [2.45, 2.75) is 0 Å². The molecule has 0 radical (unpaired) electrons. The molecule has 0 aliphatic carbocycles. The van der Waals surface area contributed by atoms with Crippen molar-refractivity contribution in [2.75, 3.05) is 0 Å². The van der Waals surface area contributed by atoms with Gasteiger partial charge in [0.2, 0.25) is 0 Å². The fraction of sp³-hybridized carbons (Fsp3) is 0. The van der Waals surface area contributed by atoms with E-state index in [1.165, 1.54) is 48.5 Å². The van der Waals surface area contributed by atoms with Crippen LogP contribution < -0.4 is 18.1 Å². The first-order valence-corrected chi connectivity index (χ1v) is 17.3. The first-order chi connectivity index (χ1) is 21.6. The van der Waals surface area contributed by atoms with Gasteiger partial charge in [0, 0.05) is 0 Å². The summed E-state index contributed by atoms with van der Waals surface area (Å²) in [5.41, 5.74) is -3.82. The average Bonchev–Trinajstić information content (AvgIpc) is 3.02. The van der Waals surface area contributed by atoms with Crippen LogP contribution in [0.25, 0.3) is 0 Å². The van der Waals surface area contributed by atoms with Crippen LogP contribution in [0.4, 0.5) is 0 Å². The Morgan fingerprint density at radius 3 is 0.933 bits per heavy atom. The van der Waals surface area contributed by atoms with Crippen molar-refractivity contribution in [1.29, 1.82) is 0 Å². The van der Waals surface area contributed by atoms with Gasteiger partial charge in [-0.2, -0.15) is 0 Å². The molecule has 0 heterocycles. The quantitative estimate of drug-likeness (QED) is 0.118. The maximum Gasteiger partial charge on any atom is 0.503 e. The second-order valence-electron chi connectivity index (χ2n) is 9.13. The Labute approximate surface area is 273 Å². The Hall–Kier alpha value is -4.03. The zero-order valence-corrected chi connectivity index (χ0v) is 27.0. The van der Waals surface area contributed by atoms with Crippen LogP contribution in [0, 0.1) is 0 Å². The van der Waals surface area contributed by atoms with Gasteiger partial charge < -0.3 is 18.1 Å². The summed E-state index contributed by atoms with van der Waals surface area (Å²) in [5.74, 6) is 0.165. The highest BCUT2D eigenvalue weighted by molar-refractivity contribution is 7.74. The van der Waals surface area contributed by atoms with Crippen molar-refractivity contribution in [2.24, 2.45) is 0 Å². The molecule has 0 aliphatic rings. The van der Waals surface area contributed by atoms with Crippen LogP contribution in [0.5, 0.6) is 23.0 Å². The van der Waals surface area contributed by atoms with Crippen molar-refractivity contribution in [1.82, 2.24) is 0 Å². The van der Waals surface area contributed by atoms with Crippen LogP contribution in [-0.4, -0.2) is 11.0 Å². The smallest absolute Gasteiger partial charge is 0.411 e.